The van der Waals surface area contributed by atoms with Crippen molar-refractivity contribution in [1.29, 1.82) is 0 Å². The summed E-state index contributed by atoms with van der Waals surface area (Å²) in [7, 11) is 1.38. The fourth-order valence-electron chi connectivity index (χ4n) is 4.55. The van der Waals surface area contributed by atoms with Gasteiger partial charge in [0.05, 0.1) is 24.8 Å². The Labute approximate surface area is 203 Å². The van der Waals surface area contributed by atoms with Crippen LogP contribution in [-0.2, 0) is 22.4 Å². The van der Waals surface area contributed by atoms with Gasteiger partial charge in [0.1, 0.15) is 0 Å². The molecule has 5 nitrogen and oxygen atoms in total. The van der Waals surface area contributed by atoms with Gasteiger partial charge in [-0.15, -0.1) is 0 Å². The van der Waals surface area contributed by atoms with Crippen LogP contribution in [0.15, 0.2) is 66.7 Å². The molecule has 34 heavy (non-hydrogen) atoms. The Bertz CT molecular complexity index is 956. The number of hydrogen-bond acceptors (Lipinski definition) is 4. The summed E-state index contributed by atoms with van der Waals surface area (Å²) in [6, 6.07) is 17.9. The lowest BCUT2D eigenvalue weighted by molar-refractivity contribution is -0.128. The minimum atomic E-state index is -0.505. The number of aliphatic hydroxyl groups excluding tert-OH is 1. The first kappa shape index (κ1) is 25.7. The van der Waals surface area contributed by atoms with E-state index < -0.39 is 6.10 Å². The number of aryl methyl sites for hydroxylation is 2. The average Bonchev–Trinajstić information content (AvgIpc) is 3.21. The summed E-state index contributed by atoms with van der Waals surface area (Å²) in [5.74, 6) is 0.00517. The van der Waals surface area contributed by atoms with Crippen LogP contribution in [0.3, 0.4) is 0 Å². The SMILES string of the molecule is COC(=O)c1cccc(CCCN2C(=O)CC[C@@H]2C=C[C@H](O)[C@@H](C)CCCc2ccccc2)c1. The second-order valence-corrected chi connectivity index (χ2v) is 9.22. The predicted molar refractivity (Wildman–Crippen MR) is 135 cm³/mol. The van der Waals surface area contributed by atoms with Crippen molar-refractivity contribution in [3.05, 3.63) is 83.4 Å². The van der Waals surface area contributed by atoms with E-state index in [1.807, 2.05) is 41.3 Å². The Morgan fingerprint density at radius 1 is 1.12 bits per heavy atom. The van der Waals surface area contributed by atoms with Crippen molar-refractivity contribution in [2.75, 3.05) is 13.7 Å². The van der Waals surface area contributed by atoms with Crippen molar-refractivity contribution in [2.24, 2.45) is 5.92 Å². The van der Waals surface area contributed by atoms with Gasteiger partial charge in [-0.05, 0) is 67.7 Å². The topological polar surface area (TPSA) is 66.8 Å². The standard InChI is InChI=1S/C29H37NO4/c1-22(9-6-12-23-10-4-3-5-11-23)27(31)18-16-26-17-19-28(32)30(26)20-8-14-24-13-7-15-25(21-24)29(33)34-2/h3-5,7,10-11,13,15-16,18,21-22,26-27,31H,6,8-9,12,14,17,19-20H2,1-2H3/t22-,26-,27-/m0/s1. The zero-order valence-corrected chi connectivity index (χ0v) is 20.4. The maximum atomic E-state index is 12.4. The third-order valence-corrected chi connectivity index (χ3v) is 6.67. The number of benzene rings is 2. The van der Waals surface area contributed by atoms with Crippen LogP contribution in [-0.4, -0.2) is 47.7 Å². The predicted octanol–water partition coefficient (Wildman–Crippen LogP) is 4.97. The first-order valence-electron chi connectivity index (χ1n) is 12.3. The molecule has 0 bridgehead atoms. The van der Waals surface area contributed by atoms with Gasteiger partial charge in [-0.1, -0.05) is 61.5 Å². The van der Waals surface area contributed by atoms with Gasteiger partial charge in [0.25, 0.3) is 0 Å². The summed E-state index contributed by atoms with van der Waals surface area (Å²) in [4.78, 5) is 26.1. The molecule has 0 saturated carbocycles. The average molecular weight is 464 g/mol. The van der Waals surface area contributed by atoms with Gasteiger partial charge in [-0.25, -0.2) is 4.79 Å². The smallest absolute Gasteiger partial charge is 0.337 e. The summed E-state index contributed by atoms with van der Waals surface area (Å²) < 4.78 is 4.79. The number of methoxy groups -OCH3 is 1. The van der Waals surface area contributed by atoms with E-state index in [-0.39, 0.29) is 23.8 Å². The van der Waals surface area contributed by atoms with Crippen molar-refractivity contribution in [3.8, 4) is 0 Å². The van der Waals surface area contributed by atoms with Gasteiger partial charge in [-0.2, -0.15) is 0 Å². The quantitative estimate of drug-likeness (QED) is 0.356. The molecule has 0 spiro atoms. The summed E-state index contributed by atoms with van der Waals surface area (Å²) in [6.07, 6.45) is 9.36. The van der Waals surface area contributed by atoms with Crippen molar-refractivity contribution in [2.45, 2.75) is 64.0 Å². The number of nitrogens with zero attached hydrogens (tertiary/aromatic N) is 1. The number of rotatable bonds is 12. The normalized spacial score (nSPS) is 17.8. The van der Waals surface area contributed by atoms with Gasteiger partial charge >= 0.3 is 5.97 Å². The lowest BCUT2D eigenvalue weighted by Gasteiger charge is -2.23. The van der Waals surface area contributed by atoms with E-state index in [0.29, 0.717) is 18.5 Å². The van der Waals surface area contributed by atoms with E-state index in [2.05, 4.69) is 31.2 Å². The highest BCUT2D eigenvalue weighted by atomic mass is 16.5. The summed E-state index contributed by atoms with van der Waals surface area (Å²) in [5.41, 5.74) is 2.93. The van der Waals surface area contributed by atoms with E-state index in [1.165, 1.54) is 12.7 Å². The largest absolute Gasteiger partial charge is 0.465 e. The zero-order valence-electron chi connectivity index (χ0n) is 20.4. The zero-order chi connectivity index (χ0) is 24.3. The minimum absolute atomic E-state index is 0.0417. The first-order chi connectivity index (χ1) is 16.5. The Kier molecular flexibility index (Phi) is 9.89. The molecule has 0 radical (unpaired) electrons. The van der Waals surface area contributed by atoms with Gasteiger partial charge in [0.15, 0.2) is 0 Å². The molecule has 3 atom stereocenters. The fraction of sp³-hybridized carbons (Fsp3) is 0.448. The van der Waals surface area contributed by atoms with Crippen LogP contribution in [0, 0.1) is 5.92 Å². The van der Waals surface area contributed by atoms with Crippen LogP contribution in [0.25, 0.3) is 0 Å². The minimum Gasteiger partial charge on any atom is -0.465 e. The third kappa shape index (κ3) is 7.56. The summed E-state index contributed by atoms with van der Waals surface area (Å²) in [5, 5.41) is 10.6. The maximum absolute atomic E-state index is 12.4. The van der Waals surface area contributed by atoms with Gasteiger partial charge in [0.2, 0.25) is 5.91 Å². The molecule has 2 aromatic carbocycles. The molecule has 1 amide bonds. The highest BCUT2D eigenvalue weighted by Crippen LogP contribution is 2.22. The van der Waals surface area contributed by atoms with E-state index in [9.17, 15) is 14.7 Å². The molecule has 0 aliphatic carbocycles. The highest BCUT2D eigenvalue weighted by molar-refractivity contribution is 5.89. The summed E-state index contributed by atoms with van der Waals surface area (Å²) >= 11 is 0. The molecular weight excluding hydrogens is 426 g/mol. The Balaban J connectivity index is 1.45. The summed E-state index contributed by atoms with van der Waals surface area (Å²) in [6.45, 7) is 2.75. The van der Waals surface area contributed by atoms with Crippen LogP contribution < -0.4 is 0 Å². The van der Waals surface area contributed by atoms with Crippen LogP contribution in [0.4, 0.5) is 0 Å². The monoisotopic (exact) mass is 463 g/mol. The second kappa shape index (κ2) is 13.1. The van der Waals surface area contributed by atoms with Gasteiger partial charge < -0.3 is 14.7 Å². The fourth-order valence-corrected chi connectivity index (χ4v) is 4.55. The molecule has 2 aromatic rings. The number of carbonyl (C=O) groups excluding carboxylic acids is 2. The molecule has 1 aliphatic heterocycles. The van der Waals surface area contributed by atoms with E-state index in [1.54, 1.807) is 6.07 Å². The molecule has 1 aliphatic rings. The lowest BCUT2D eigenvalue weighted by atomic mass is 9.95. The molecule has 3 rings (SSSR count). The van der Waals surface area contributed by atoms with Crippen LogP contribution in [0.2, 0.25) is 0 Å². The highest BCUT2D eigenvalue weighted by Gasteiger charge is 2.28. The second-order valence-electron chi connectivity index (χ2n) is 9.22. The number of aliphatic hydroxyl groups is 1. The van der Waals surface area contributed by atoms with E-state index >= 15 is 0 Å². The number of ether oxygens (including phenoxy) is 1. The molecule has 182 valence electrons. The van der Waals surface area contributed by atoms with Crippen molar-refractivity contribution < 1.29 is 19.4 Å². The van der Waals surface area contributed by atoms with Gasteiger partial charge in [0, 0.05) is 13.0 Å². The van der Waals surface area contributed by atoms with Crippen LogP contribution >= 0.6 is 0 Å². The van der Waals surface area contributed by atoms with Crippen molar-refractivity contribution in [1.82, 2.24) is 4.90 Å². The maximum Gasteiger partial charge on any atom is 0.337 e. The molecular formula is C29H37NO4. The van der Waals surface area contributed by atoms with Crippen LogP contribution in [0.1, 0.15) is 60.5 Å². The first-order valence-corrected chi connectivity index (χ1v) is 12.3. The number of carbonyl (C=O) groups is 2. The molecule has 5 heteroatoms. The molecule has 0 aromatic heterocycles. The van der Waals surface area contributed by atoms with Crippen molar-refractivity contribution >= 4 is 11.9 Å². The Morgan fingerprint density at radius 3 is 2.62 bits per heavy atom. The molecule has 1 fully saturated rings. The van der Waals surface area contributed by atoms with Gasteiger partial charge in [-0.3, -0.25) is 4.79 Å². The number of likely N-dealkylation sites (tertiary alicyclic amines) is 1. The number of hydrogen-bond donors (Lipinski definition) is 1. The van der Waals surface area contributed by atoms with Crippen LogP contribution in [0.5, 0.6) is 0 Å². The molecule has 0 unspecified atom stereocenters. The van der Waals surface area contributed by atoms with Crippen molar-refractivity contribution in [3.63, 3.8) is 0 Å². The lowest BCUT2D eigenvalue weighted by Crippen LogP contribution is -2.33. The van der Waals surface area contributed by atoms with E-state index in [0.717, 1.165) is 44.1 Å². The number of esters is 1. The van der Waals surface area contributed by atoms with E-state index in [4.69, 9.17) is 4.74 Å². The molecule has 1 N–H and O–H groups in total. The molecule has 1 heterocycles. The Hall–Kier alpha value is -2.92. The third-order valence-electron chi connectivity index (χ3n) is 6.67. The molecule has 1 saturated heterocycles. The number of amides is 1. The Morgan fingerprint density at radius 2 is 1.85 bits per heavy atom.